The normalized spacial score (nSPS) is 10.7. The summed E-state index contributed by atoms with van der Waals surface area (Å²) < 4.78 is 18.8. The molecular weight excluding hydrogens is 295 g/mol. The number of halogens is 1. The SMILES string of the molecule is CN(CCOc1ccccc1F)C(=O)c1cc2ccccc2[nH]1. The van der Waals surface area contributed by atoms with Crippen LogP contribution in [0.4, 0.5) is 4.39 Å². The Morgan fingerprint density at radius 3 is 2.70 bits per heavy atom. The number of aromatic amines is 1. The maximum atomic E-state index is 13.4. The Kier molecular flexibility index (Phi) is 4.28. The third-order valence-corrected chi connectivity index (χ3v) is 3.63. The smallest absolute Gasteiger partial charge is 0.270 e. The largest absolute Gasteiger partial charge is 0.489 e. The van der Waals surface area contributed by atoms with Gasteiger partial charge < -0.3 is 14.6 Å². The van der Waals surface area contributed by atoms with Gasteiger partial charge in [0.2, 0.25) is 0 Å². The summed E-state index contributed by atoms with van der Waals surface area (Å²) in [4.78, 5) is 17.0. The highest BCUT2D eigenvalue weighted by Crippen LogP contribution is 2.17. The van der Waals surface area contributed by atoms with Crippen LogP contribution in [0.1, 0.15) is 10.5 Å². The highest BCUT2D eigenvalue weighted by molar-refractivity contribution is 5.97. The van der Waals surface area contributed by atoms with Crippen LogP contribution in [0.2, 0.25) is 0 Å². The number of rotatable bonds is 5. The van der Waals surface area contributed by atoms with Crippen molar-refractivity contribution in [2.24, 2.45) is 0 Å². The van der Waals surface area contributed by atoms with Gasteiger partial charge in [0.05, 0.1) is 6.54 Å². The highest BCUT2D eigenvalue weighted by Gasteiger charge is 2.14. The Hall–Kier alpha value is -2.82. The number of carbonyl (C=O) groups is 1. The summed E-state index contributed by atoms with van der Waals surface area (Å²) in [5.74, 6) is -0.339. The molecule has 1 heterocycles. The number of para-hydroxylation sites is 2. The van der Waals surface area contributed by atoms with E-state index < -0.39 is 5.82 Å². The number of nitrogens with zero attached hydrogens (tertiary/aromatic N) is 1. The molecule has 1 amide bonds. The van der Waals surface area contributed by atoms with Crippen molar-refractivity contribution in [1.82, 2.24) is 9.88 Å². The molecule has 0 radical (unpaired) electrons. The number of ether oxygens (including phenoxy) is 1. The van der Waals surface area contributed by atoms with Gasteiger partial charge in [-0.3, -0.25) is 4.79 Å². The fourth-order valence-electron chi connectivity index (χ4n) is 2.35. The van der Waals surface area contributed by atoms with E-state index in [1.165, 1.54) is 6.07 Å². The standard InChI is InChI=1S/C18H17FN2O2/c1-21(10-11-23-17-9-5-3-7-14(17)19)18(22)16-12-13-6-2-4-8-15(13)20-16/h2-9,12,20H,10-11H2,1H3. The molecule has 4 nitrogen and oxygen atoms in total. The minimum absolute atomic E-state index is 0.127. The Morgan fingerprint density at radius 2 is 1.91 bits per heavy atom. The van der Waals surface area contributed by atoms with E-state index in [2.05, 4.69) is 4.98 Å². The number of fused-ring (bicyclic) bond motifs is 1. The van der Waals surface area contributed by atoms with E-state index in [4.69, 9.17) is 4.74 Å². The number of benzene rings is 2. The fraction of sp³-hybridized carbons (Fsp3) is 0.167. The molecule has 1 N–H and O–H groups in total. The molecule has 0 unspecified atom stereocenters. The summed E-state index contributed by atoms with van der Waals surface area (Å²) in [6.07, 6.45) is 0. The van der Waals surface area contributed by atoms with Crippen molar-refractivity contribution in [1.29, 1.82) is 0 Å². The first-order valence-corrected chi connectivity index (χ1v) is 7.36. The molecule has 0 atom stereocenters. The molecule has 3 aromatic rings. The summed E-state index contributed by atoms with van der Waals surface area (Å²) in [5.41, 5.74) is 1.45. The van der Waals surface area contributed by atoms with Crippen molar-refractivity contribution in [3.8, 4) is 5.75 Å². The number of aromatic nitrogens is 1. The maximum absolute atomic E-state index is 13.4. The summed E-state index contributed by atoms with van der Waals surface area (Å²) in [5, 5.41) is 0.992. The lowest BCUT2D eigenvalue weighted by Crippen LogP contribution is -2.31. The molecule has 0 saturated heterocycles. The van der Waals surface area contributed by atoms with E-state index in [1.54, 1.807) is 30.1 Å². The van der Waals surface area contributed by atoms with Crippen LogP contribution in [0, 0.1) is 5.82 Å². The molecular formula is C18H17FN2O2. The van der Waals surface area contributed by atoms with Crippen LogP contribution in [0.5, 0.6) is 5.75 Å². The lowest BCUT2D eigenvalue weighted by molar-refractivity contribution is 0.0768. The molecule has 118 valence electrons. The van der Waals surface area contributed by atoms with E-state index in [1.807, 2.05) is 30.3 Å². The molecule has 2 aromatic carbocycles. The van der Waals surface area contributed by atoms with Gasteiger partial charge in [-0.1, -0.05) is 30.3 Å². The molecule has 0 spiro atoms. The third kappa shape index (κ3) is 3.34. The van der Waals surface area contributed by atoms with Gasteiger partial charge in [-0.15, -0.1) is 0 Å². The Balaban J connectivity index is 1.60. The van der Waals surface area contributed by atoms with Crippen LogP contribution in [-0.2, 0) is 0 Å². The van der Waals surface area contributed by atoms with E-state index >= 15 is 0 Å². The molecule has 0 saturated carbocycles. The number of hydrogen-bond donors (Lipinski definition) is 1. The van der Waals surface area contributed by atoms with E-state index in [9.17, 15) is 9.18 Å². The molecule has 1 aromatic heterocycles. The average molecular weight is 312 g/mol. The first kappa shape index (κ1) is 15.1. The molecule has 5 heteroatoms. The third-order valence-electron chi connectivity index (χ3n) is 3.63. The lowest BCUT2D eigenvalue weighted by atomic mass is 10.2. The van der Waals surface area contributed by atoms with Crippen molar-refractivity contribution in [3.05, 3.63) is 66.1 Å². The Bertz CT molecular complexity index is 796. The lowest BCUT2D eigenvalue weighted by Gasteiger charge is -2.16. The first-order chi connectivity index (χ1) is 11.1. The highest BCUT2D eigenvalue weighted by atomic mass is 19.1. The molecule has 0 aliphatic heterocycles. The van der Waals surface area contributed by atoms with Gasteiger partial charge >= 0.3 is 0 Å². The van der Waals surface area contributed by atoms with Crippen molar-refractivity contribution >= 4 is 16.8 Å². The monoisotopic (exact) mass is 312 g/mol. The quantitative estimate of drug-likeness (QED) is 0.784. The number of likely N-dealkylation sites (N-methyl/N-ethyl adjacent to an activating group) is 1. The van der Waals surface area contributed by atoms with E-state index in [0.717, 1.165) is 10.9 Å². The van der Waals surface area contributed by atoms with E-state index in [-0.39, 0.29) is 18.3 Å². The summed E-state index contributed by atoms with van der Waals surface area (Å²) in [7, 11) is 1.69. The van der Waals surface area contributed by atoms with Crippen molar-refractivity contribution in [2.45, 2.75) is 0 Å². The summed E-state index contributed by atoms with van der Waals surface area (Å²) >= 11 is 0. The van der Waals surface area contributed by atoms with Gasteiger partial charge in [-0.2, -0.15) is 0 Å². The van der Waals surface area contributed by atoms with Gasteiger partial charge in [-0.05, 0) is 24.3 Å². The van der Waals surface area contributed by atoms with Gasteiger partial charge in [0.1, 0.15) is 12.3 Å². The molecule has 23 heavy (non-hydrogen) atoms. The number of carbonyl (C=O) groups excluding carboxylic acids is 1. The Labute approximate surface area is 133 Å². The number of nitrogens with one attached hydrogen (secondary N) is 1. The summed E-state index contributed by atoms with van der Waals surface area (Å²) in [6.45, 7) is 0.589. The van der Waals surface area contributed by atoms with Gasteiger partial charge in [-0.25, -0.2) is 4.39 Å². The predicted octanol–water partition coefficient (Wildman–Crippen LogP) is 3.46. The number of H-pyrrole nitrogens is 1. The molecule has 3 rings (SSSR count). The summed E-state index contributed by atoms with van der Waals surface area (Å²) in [6, 6.07) is 15.8. The van der Waals surface area contributed by atoms with Crippen LogP contribution < -0.4 is 4.74 Å². The zero-order chi connectivity index (χ0) is 16.2. The zero-order valence-electron chi connectivity index (χ0n) is 12.8. The molecule has 0 fully saturated rings. The number of amides is 1. The minimum Gasteiger partial charge on any atom is -0.489 e. The molecule has 0 aliphatic rings. The van der Waals surface area contributed by atoms with Gasteiger partial charge in [0.15, 0.2) is 11.6 Å². The second-order valence-electron chi connectivity index (χ2n) is 5.28. The fourth-order valence-corrected chi connectivity index (χ4v) is 2.35. The predicted molar refractivity (Wildman–Crippen MR) is 87.2 cm³/mol. The molecule has 0 aliphatic carbocycles. The average Bonchev–Trinajstić information content (AvgIpc) is 2.99. The van der Waals surface area contributed by atoms with Crippen molar-refractivity contribution in [3.63, 3.8) is 0 Å². The number of hydrogen-bond acceptors (Lipinski definition) is 2. The van der Waals surface area contributed by atoms with Crippen molar-refractivity contribution < 1.29 is 13.9 Å². The Morgan fingerprint density at radius 1 is 1.17 bits per heavy atom. The van der Waals surface area contributed by atoms with Gasteiger partial charge in [0, 0.05) is 18.0 Å². The van der Waals surface area contributed by atoms with Crippen LogP contribution >= 0.6 is 0 Å². The maximum Gasteiger partial charge on any atom is 0.270 e. The van der Waals surface area contributed by atoms with Crippen LogP contribution in [0.25, 0.3) is 10.9 Å². The van der Waals surface area contributed by atoms with Crippen LogP contribution in [0.3, 0.4) is 0 Å². The second kappa shape index (κ2) is 6.52. The van der Waals surface area contributed by atoms with Crippen LogP contribution in [-0.4, -0.2) is 36.0 Å². The molecule has 0 bridgehead atoms. The minimum atomic E-state index is -0.405. The zero-order valence-corrected chi connectivity index (χ0v) is 12.8. The second-order valence-corrected chi connectivity index (χ2v) is 5.28. The van der Waals surface area contributed by atoms with E-state index in [0.29, 0.717) is 12.2 Å². The van der Waals surface area contributed by atoms with Gasteiger partial charge in [0.25, 0.3) is 5.91 Å². The first-order valence-electron chi connectivity index (χ1n) is 7.36. The van der Waals surface area contributed by atoms with Crippen molar-refractivity contribution in [2.75, 3.05) is 20.2 Å². The topological polar surface area (TPSA) is 45.3 Å². The van der Waals surface area contributed by atoms with Crippen LogP contribution in [0.15, 0.2) is 54.6 Å².